The van der Waals surface area contributed by atoms with Gasteiger partial charge in [-0.2, -0.15) is 0 Å². The minimum atomic E-state index is 0.893. The topological polar surface area (TPSA) is 15.3 Å². The van der Waals surface area contributed by atoms with E-state index in [-0.39, 0.29) is 0 Å². The van der Waals surface area contributed by atoms with Crippen molar-refractivity contribution < 1.29 is 0 Å². The quantitative estimate of drug-likeness (QED) is 0.901. The Kier molecular flexibility index (Phi) is 4.14. The Morgan fingerprint density at radius 1 is 0.952 bits per heavy atom. The Bertz CT molecular complexity index is 599. The Morgan fingerprint density at radius 2 is 1.71 bits per heavy atom. The van der Waals surface area contributed by atoms with Crippen molar-refractivity contribution in [2.75, 3.05) is 24.3 Å². The van der Waals surface area contributed by atoms with E-state index in [4.69, 9.17) is 0 Å². The highest BCUT2D eigenvalue weighted by atomic mass is 15.1. The highest BCUT2D eigenvalue weighted by Crippen LogP contribution is 2.28. The van der Waals surface area contributed by atoms with Crippen molar-refractivity contribution in [3.63, 3.8) is 0 Å². The summed E-state index contributed by atoms with van der Waals surface area (Å²) in [6, 6.07) is 15.5. The van der Waals surface area contributed by atoms with Gasteiger partial charge in [0.2, 0.25) is 0 Å². The first-order valence-corrected chi connectivity index (χ1v) is 7.85. The van der Waals surface area contributed by atoms with Gasteiger partial charge in [-0.05, 0) is 60.6 Å². The minimum Gasteiger partial charge on any atom is -0.381 e. The highest BCUT2D eigenvalue weighted by Gasteiger charge is 2.12. The predicted octanol–water partition coefficient (Wildman–Crippen LogP) is 4.24. The van der Waals surface area contributed by atoms with Crippen LogP contribution >= 0.6 is 0 Å². The molecule has 2 nitrogen and oxygen atoms in total. The van der Waals surface area contributed by atoms with Gasteiger partial charge in [-0.15, -0.1) is 0 Å². The van der Waals surface area contributed by atoms with E-state index in [0.717, 1.165) is 6.54 Å². The maximum absolute atomic E-state index is 3.62. The number of aryl methyl sites for hydroxylation is 1. The largest absolute Gasteiger partial charge is 0.381 e. The first-order valence-electron chi connectivity index (χ1n) is 7.85. The van der Waals surface area contributed by atoms with E-state index in [0.29, 0.717) is 0 Å². The SMILES string of the molecule is CN(C)c1ccc(CNc2cccc3c2CCCC3)cc1. The van der Waals surface area contributed by atoms with Crippen molar-refractivity contribution in [3.8, 4) is 0 Å². The Hall–Kier alpha value is -1.96. The summed E-state index contributed by atoms with van der Waals surface area (Å²) < 4.78 is 0. The molecule has 1 aliphatic carbocycles. The minimum absolute atomic E-state index is 0.893. The maximum atomic E-state index is 3.62. The van der Waals surface area contributed by atoms with E-state index >= 15 is 0 Å². The van der Waals surface area contributed by atoms with E-state index in [1.165, 1.54) is 53.7 Å². The zero-order chi connectivity index (χ0) is 14.7. The number of anilines is 2. The van der Waals surface area contributed by atoms with Crippen LogP contribution in [0.5, 0.6) is 0 Å². The molecule has 0 amide bonds. The average Bonchev–Trinajstić information content (AvgIpc) is 2.53. The predicted molar refractivity (Wildman–Crippen MR) is 91.2 cm³/mol. The first kappa shape index (κ1) is 14.0. The lowest BCUT2D eigenvalue weighted by Gasteiger charge is -2.20. The van der Waals surface area contributed by atoms with Crippen LogP contribution in [-0.2, 0) is 19.4 Å². The molecule has 0 atom stereocenters. The normalized spacial score (nSPS) is 13.6. The third-order valence-corrected chi connectivity index (χ3v) is 4.33. The second-order valence-corrected chi connectivity index (χ2v) is 6.06. The van der Waals surface area contributed by atoms with Crippen molar-refractivity contribution >= 4 is 11.4 Å². The van der Waals surface area contributed by atoms with Gasteiger partial charge in [0.1, 0.15) is 0 Å². The molecule has 3 rings (SSSR count). The molecule has 2 heteroatoms. The second kappa shape index (κ2) is 6.21. The maximum Gasteiger partial charge on any atom is 0.0400 e. The lowest BCUT2D eigenvalue weighted by atomic mass is 9.90. The molecule has 0 bridgehead atoms. The van der Waals surface area contributed by atoms with E-state index < -0.39 is 0 Å². The molecule has 1 aliphatic rings. The number of benzene rings is 2. The number of hydrogen-bond acceptors (Lipinski definition) is 2. The van der Waals surface area contributed by atoms with Crippen LogP contribution in [0.1, 0.15) is 29.5 Å². The summed E-state index contributed by atoms with van der Waals surface area (Å²) in [6.45, 7) is 0.893. The fourth-order valence-electron chi connectivity index (χ4n) is 3.06. The number of nitrogens with zero attached hydrogens (tertiary/aromatic N) is 1. The monoisotopic (exact) mass is 280 g/mol. The van der Waals surface area contributed by atoms with Gasteiger partial charge in [-0.25, -0.2) is 0 Å². The van der Waals surface area contributed by atoms with Crippen LogP contribution in [0, 0.1) is 0 Å². The molecule has 0 spiro atoms. The van der Waals surface area contributed by atoms with Gasteiger partial charge < -0.3 is 10.2 Å². The molecule has 0 heterocycles. The van der Waals surface area contributed by atoms with Crippen molar-refractivity contribution in [1.82, 2.24) is 0 Å². The van der Waals surface area contributed by atoms with Crippen LogP contribution in [0.4, 0.5) is 11.4 Å². The molecule has 0 radical (unpaired) electrons. The van der Waals surface area contributed by atoms with Gasteiger partial charge >= 0.3 is 0 Å². The summed E-state index contributed by atoms with van der Waals surface area (Å²) in [4.78, 5) is 2.13. The van der Waals surface area contributed by atoms with Gasteiger partial charge in [0.05, 0.1) is 0 Å². The molecule has 2 aromatic rings. The summed E-state index contributed by atoms with van der Waals surface area (Å²) in [6.07, 6.45) is 5.12. The summed E-state index contributed by atoms with van der Waals surface area (Å²) >= 11 is 0. The zero-order valence-corrected chi connectivity index (χ0v) is 13.0. The summed E-state index contributed by atoms with van der Waals surface area (Å²) in [7, 11) is 4.15. The Morgan fingerprint density at radius 3 is 2.48 bits per heavy atom. The van der Waals surface area contributed by atoms with Gasteiger partial charge in [0.25, 0.3) is 0 Å². The molecule has 1 N–H and O–H groups in total. The molecule has 21 heavy (non-hydrogen) atoms. The molecule has 0 aromatic heterocycles. The fourth-order valence-corrected chi connectivity index (χ4v) is 3.06. The van der Waals surface area contributed by atoms with Crippen LogP contribution in [0.3, 0.4) is 0 Å². The van der Waals surface area contributed by atoms with Crippen molar-refractivity contribution in [3.05, 3.63) is 59.2 Å². The second-order valence-electron chi connectivity index (χ2n) is 6.06. The lowest BCUT2D eigenvalue weighted by Crippen LogP contribution is -2.10. The third-order valence-electron chi connectivity index (χ3n) is 4.33. The molecule has 0 saturated carbocycles. The molecule has 0 saturated heterocycles. The average molecular weight is 280 g/mol. The van der Waals surface area contributed by atoms with E-state index in [9.17, 15) is 0 Å². The molecule has 0 fully saturated rings. The Labute approximate surface area is 127 Å². The number of hydrogen-bond donors (Lipinski definition) is 1. The molecule has 2 aromatic carbocycles. The number of rotatable bonds is 4. The fraction of sp³-hybridized carbons (Fsp3) is 0.368. The molecule has 0 aliphatic heterocycles. The van der Waals surface area contributed by atoms with E-state index in [1.807, 2.05) is 0 Å². The smallest absolute Gasteiger partial charge is 0.0400 e. The number of nitrogens with one attached hydrogen (secondary N) is 1. The summed E-state index contributed by atoms with van der Waals surface area (Å²) in [5.74, 6) is 0. The third kappa shape index (κ3) is 3.21. The van der Waals surface area contributed by atoms with E-state index in [1.54, 1.807) is 0 Å². The van der Waals surface area contributed by atoms with Crippen molar-refractivity contribution in [1.29, 1.82) is 0 Å². The van der Waals surface area contributed by atoms with Gasteiger partial charge in [0, 0.05) is 32.0 Å². The number of fused-ring (bicyclic) bond motifs is 1. The first-order chi connectivity index (χ1) is 10.2. The van der Waals surface area contributed by atoms with Gasteiger partial charge in [-0.3, -0.25) is 0 Å². The van der Waals surface area contributed by atoms with Crippen LogP contribution < -0.4 is 10.2 Å². The van der Waals surface area contributed by atoms with Crippen LogP contribution in [0.25, 0.3) is 0 Å². The van der Waals surface area contributed by atoms with Gasteiger partial charge in [-0.1, -0.05) is 24.3 Å². The van der Waals surface area contributed by atoms with Crippen molar-refractivity contribution in [2.45, 2.75) is 32.2 Å². The van der Waals surface area contributed by atoms with Crippen molar-refractivity contribution in [2.24, 2.45) is 0 Å². The zero-order valence-electron chi connectivity index (χ0n) is 13.0. The van der Waals surface area contributed by atoms with Crippen LogP contribution in [0.15, 0.2) is 42.5 Å². The molecule has 0 unspecified atom stereocenters. The molecule has 110 valence electrons. The van der Waals surface area contributed by atoms with Gasteiger partial charge in [0.15, 0.2) is 0 Å². The van der Waals surface area contributed by atoms with E-state index in [2.05, 4.69) is 66.8 Å². The lowest BCUT2D eigenvalue weighted by molar-refractivity contribution is 0.686. The standard InChI is InChI=1S/C19H24N2/c1-21(2)17-12-10-15(11-13-17)14-20-19-9-5-7-16-6-3-4-8-18(16)19/h5,7,9-13,20H,3-4,6,8,14H2,1-2H3. The Balaban J connectivity index is 1.70. The summed E-state index contributed by atoms with van der Waals surface area (Å²) in [5, 5.41) is 3.62. The summed E-state index contributed by atoms with van der Waals surface area (Å²) in [5.41, 5.74) is 6.97. The van der Waals surface area contributed by atoms with Crippen LogP contribution in [0.2, 0.25) is 0 Å². The highest BCUT2D eigenvalue weighted by molar-refractivity contribution is 5.56. The molecular formula is C19H24N2. The molecular weight excluding hydrogens is 256 g/mol. The van der Waals surface area contributed by atoms with Crippen LogP contribution in [-0.4, -0.2) is 14.1 Å².